The van der Waals surface area contributed by atoms with Crippen LogP contribution in [-0.4, -0.2) is 21.0 Å². The van der Waals surface area contributed by atoms with Crippen LogP contribution < -0.4 is 0 Å². The Labute approximate surface area is 95.7 Å². The zero-order valence-corrected chi connectivity index (χ0v) is 10.4. The Morgan fingerprint density at radius 2 is 1.94 bits per heavy atom. The number of carboxylic acid groups (broad SMARTS) is 1. The van der Waals surface area contributed by atoms with Crippen LogP contribution in [0.1, 0.15) is 62.4 Å². The van der Waals surface area contributed by atoms with Crippen molar-refractivity contribution in [1.29, 1.82) is 0 Å². The summed E-state index contributed by atoms with van der Waals surface area (Å²) in [5, 5.41) is 9.03. The molecule has 0 amide bonds. The fourth-order valence-electron chi connectivity index (χ4n) is 1.36. The van der Waals surface area contributed by atoms with Gasteiger partial charge < -0.3 is 5.11 Å². The molecule has 16 heavy (non-hydrogen) atoms. The number of hydrogen-bond acceptors (Lipinski definition) is 3. The first-order valence-electron chi connectivity index (χ1n) is 5.34. The monoisotopic (exact) mass is 222 g/mol. The summed E-state index contributed by atoms with van der Waals surface area (Å²) in [7, 11) is 0. The third kappa shape index (κ3) is 2.56. The van der Waals surface area contributed by atoms with E-state index in [-0.39, 0.29) is 16.9 Å². The van der Waals surface area contributed by atoms with Gasteiger partial charge in [0.05, 0.1) is 11.3 Å². The molecule has 0 spiro atoms. The van der Waals surface area contributed by atoms with Gasteiger partial charge in [0.15, 0.2) is 0 Å². The molecule has 1 aromatic rings. The predicted molar refractivity (Wildman–Crippen MR) is 61.8 cm³/mol. The van der Waals surface area contributed by atoms with E-state index in [1.165, 1.54) is 6.20 Å². The summed E-state index contributed by atoms with van der Waals surface area (Å²) in [4.78, 5) is 19.5. The van der Waals surface area contributed by atoms with Gasteiger partial charge in [-0.05, 0) is 5.92 Å². The molecule has 88 valence electrons. The number of hydrogen-bond donors (Lipinski definition) is 1. The van der Waals surface area contributed by atoms with Crippen LogP contribution in [0.5, 0.6) is 0 Å². The van der Waals surface area contributed by atoms with Gasteiger partial charge in [0.25, 0.3) is 0 Å². The number of carbonyl (C=O) groups is 1. The van der Waals surface area contributed by atoms with E-state index >= 15 is 0 Å². The fourth-order valence-corrected chi connectivity index (χ4v) is 1.36. The Balaban J connectivity index is 3.34. The highest BCUT2D eigenvalue weighted by atomic mass is 16.4. The zero-order valence-electron chi connectivity index (χ0n) is 10.4. The Bertz CT molecular complexity index is 406. The molecule has 0 fully saturated rings. The molecule has 0 aliphatic heterocycles. The topological polar surface area (TPSA) is 63.1 Å². The van der Waals surface area contributed by atoms with Crippen molar-refractivity contribution in [2.24, 2.45) is 0 Å². The highest BCUT2D eigenvalue weighted by Crippen LogP contribution is 2.22. The van der Waals surface area contributed by atoms with E-state index in [0.29, 0.717) is 11.5 Å². The molecule has 0 bridgehead atoms. The maximum absolute atomic E-state index is 11.0. The summed E-state index contributed by atoms with van der Waals surface area (Å²) in [5.41, 5.74) is 0.635. The second-order valence-electron chi connectivity index (χ2n) is 5.20. The first kappa shape index (κ1) is 12.6. The average molecular weight is 222 g/mol. The molecular formula is C12H18N2O2. The molecule has 4 heteroatoms. The van der Waals surface area contributed by atoms with E-state index in [9.17, 15) is 4.79 Å². The lowest BCUT2D eigenvalue weighted by molar-refractivity contribution is 0.0694. The molecule has 0 radical (unpaired) electrons. The molecule has 1 heterocycles. The number of aromatic nitrogens is 2. The standard InChI is InChI=1S/C12H18N2O2/c1-7(2)9-8(10(15)16)6-13-11(14-9)12(3,4)5/h6-7H,1-5H3,(H,15,16). The minimum Gasteiger partial charge on any atom is -0.478 e. The maximum atomic E-state index is 11.0. The summed E-state index contributed by atoms with van der Waals surface area (Å²) in [6, 6.07) is 0. The van der Waals surface area contributed by atoms with Crippen molar-refractivity contribution in [2.45, 2.75) is 46.0 Å². The summed E-state index contributed by atoms with van der Waals surface area (Å²) in [6.45, 7) is 9.88. The van der Waals surface area contributed by atoms with Gasteiger partial charge in [0, 0.05) is 11.6 Å². The van der Waals surface area contributed by atoms with E-state index in [2.05, 4.69) is 9.97 Å². The lowest BCUT2D eigenvalue weighted by atomic mass is 9.94. The van der Waals surface area contributed by atoms with Crippen LogP contribution in [0.4, 0.5) is 0 Å². The van der Waals surface area contributed by atoms with Crippen molar-refractivity contribution in [3.05, 3.63) is 23.3 Å². The zero-order chi connectivity index (χ0) is 12.5. The molecule has 1 N–H and O–H groups in total. The molecule has 0 saturated carbocycles. The second kappa shape index (κ2) is 4.20. The fraction of sp³-hybridized carbons (Fsp3) is 0.583. The van der Waals surface area contributed by atoms with Crippen molar-refractivity contribution in [3.63, 3.8) is 0 Å². The van der Waals surface area contributed by atoms with E-state index in [1.54, 1.807) is 0 Å². The summed E-state index contributed by atoms with van der Waals surface area (Å²) >= 11 is 0. The highest BCUT2D eigenvalue weighted by Gasteiger charge is 2.22. The summed E-state index contributed by atoms with van der Waals surface area (Å²) in [6.07, 6.45) is 1.41. The van der Waals surface area contributed by atoms with E-state index in [0.717, 1.165) is 0 Å². The van der Waals surface area contributed by atoms with Crippen molar-refractivity contribution in [3.8, 4) is 0 Å². The first-order valence-corrected chi connectivity index (χ1v) is 5.34. The van der Waals surface area contributed by atoms with Crippen LogP contribution >= 0.6 is 0 Å². The largest absolute Gasteiger partial charge is 0.478 e. The van der Waals surface area contributed by atoms with E-state index in [4.69, 9.17) is 5.11 Å². The van der Waals surface area contributed by atoms with Crippen molar-refractivity contribution in [2.75, 3.05) is 0 Å². The van der Waals surface area contributed by atoms with Crippen molar-refractivity contribution in [1.82, 2.24) is 9.97 Å². The Morgan fingerprint density at radius 1 is 1.38 bits per heavy atom. The van der Waals surface area contributed by atoms with Gasteiger partial charge in [-0.3, -0.25) is 0 Å². The number of aromatic carboxylic acids is 1. The Hall–Kier alpha value is -1.45. The minimum absolute atomic E-state index is 0.0789. The lowest BCUT2D eigenvalue weighted by Crippen LogP contribution is -2.19. The van der Waals surface area contributed by atoms with E-state index in [1.807, 2.05) is 34.6 Å². The first-order chi connectivity index (χ1) is 7.23. The summed E-state index contributed by atoms with van der Waals surface area (Å²) in [5.74, 6) is -0.208. The third-order valence-corrected chi connectivity index (χ3v) is 2.27. The van der Waals surface area contributed by atoms with Gasteiger partial charge in [0.1, 0.15) is 5.82 Å². The molecule has 1 rings (SSSR count). The molecular weight excluding hydrogens is 204 g/mol. The van der Waals surface area contributed by atoms with Gasteiger partial charge in [-0.1, -0.05) is 34.6 Å². The third-order valence-electron chi connectivity index (χ3n) is 2.27. The van der Waals surface area contributed by atoms with Gasteiger partial charge in [0.2, 0.25) is 0 Å². The van der Waals surface area contributed by atoms with Crippen LogP contribution in [0.2, 0.25) is 0 Å². The second-order valence-corrected chi connectivity index (χ2v) is 5.20. The molecule has 0 aliphatic rings. The SMILES string of the molecule is CC(C)c1nc(C(C)(C)C)ncc1C(=O)O. The predicted octanol–water partition coefficient (Wildman–Crippen LogP) is 2.60. The van der Waals surface area contributed by atoms with Gasteiger partial charge >= 0.3 is 5.97 Å². The number of rotatable bonds is 2. The number of carboxylic acids is 1. The maximum Gasteiger partial charge on any atom is 0.339 e. The molecule has 0 aromatic carbocycles. The molecule has 0 aliphatic carbocycles. The normalized spacial score (nSPS) is 11.9. The van der Waals surface area contributed by atoms with Crippen LogP contribution in [0.15, 0.2) is 6.20 Å². The van der Waals surface area contributed by atoms with Crippen molar-refractivity contribution >= 4 is 5.97 Å². The van der Waals surface area contributed by atoms with Crippen molar-refractivity contribution < 1.29 is 9.90 Å². The van der Waals surface area contributed by atoms with Crippen LogP contribution in [0, 0.1) is 0 Å². The van der Waals surface area contributed by atoms with Gasteiger partial charge in [-0.25, -0.2) is 14.8 Å². The summed E-state index contributed by atoms with van der Waals surface area (Å²) < 4.78 is 0. The Kier molecular flexibility index (Phi) is 3.31. The van der Waals surface area contributed by atoms with Crippen LogP contribution in [0.3, 0.4) is 0 Å². The molecule has 0 unspecified atom stereocenters. The molecule has 1 aromatic heterocycles. The highest BCUT2D eigenvalue weighted by molar-refractivity contribution is 5.88. The van der Waals surface area contributed by atoms with Gasteiger partial charge in [-0.15, -0.1) is 0 Å². The van der Waals surface area contributed by atoms with E-state index < -0.39 is 5.97 Å². The molecule has 4 nitrogen and oxygen atoms in total. The smallest absolute Gasteiger partial charge is 0.339 e. The minimum atomic E-state index is -0.968. The molecule has 0 atom stereocenters. The lowest BCUT2D eigenvalue weighted by Gasteiger charge is -2.18. The molecule has 0 saturated heterocycles. The quantitative estimate of drug-likeness (QED) is 0.835. The van der Waals surface area contributed by atoms with Crippen LogP contribution in [-0.2, 0) is 5.41 Å². The van der Waals surface area contributed by atoms with Crippen LogP contribution in [0.25, 0.3) is 0 Å². The average Bonchev–Trinajstić information content (AvgIpc) is 2.15. The van der Waals surface area contributed by atoms with Gasteiger partial charge in [-0.2, -0.15) is 0 Å². The number of nitrogens with zero attached hydrogens (tertiary/aromatic N) is 2. The Morgan fingerprint density at radius 3 is 2.31 bits per heavy atom.